The number of amides is 1. The van der Waals surface area contributed by atoms with Crippen molar-refractivity contribution in [1.29, 1.82) is 0 Å². The molecule has 4 nitrogen and oxygen atoms in total. The van der Waals surface area contributed by atoms with Crippen LogP contribution in [0.25, 0.3) is 0 Å². The first-order valence-electron chi connectivity index (χ1n) is 7.23. The van der Waals surface area contributed by atoms with Crippen LogP contribution in [0.2, 0.25) is 0 Å². The second-order valence-electron chi connectivity index (χ2n) is 4.94. The zero-order valence-electron chi connectivity index (χ0n) is 12.8. The van der Waals surface area contributed by atoms with Crippen molar-refractivity contribution >= 4 is 5.91 Å². The Morgan fingerprint density at radius 1 is 1.40 bits per heavy atom. The lowest BCUT2D eigenvalue weighted by atomic mass is 10.0. The van der Waals surface area contributed by atoms with Crippen molar-refractivity contribution in [2.75, 3.05) is 26.8 Å². The summed E-state index contributed by atoms with van der Waals surface area (Å²) in [4.78, 5) is 14.7. The van der Waals surface area contributed by atoms with Gasteiger partial charge in [0.25, 0.3) is 5.91 Å². The first-order chi connectivity index (χ1) is 9.65. The van der Waals surface area contributed by atoms with E-state index < -0.39 is 0 Å². The Labute approximate surface area is 121 Å². The Hall–Kier alpha value is -1.39. The molecule has 1 aromatic carbocycles. The quantitative estimate of drug-likeness (QED) is 0.792. The van der Waals surface area contributed by atoms with Gasteiger partial charge in [-0.3, -0.25) is 4.79 Å². The zero-order chi connectivity index (χ0) is 15.0. The van der Waals surface area contributed by atoms with E-state index >= 15 is 0 Å². The third-order valence-electron chi connectivity index (χ3n) is 3.58. The largest absolute Gasteiger partial charge is 0.383 e. The number of hydrogen-bond donors (Lipinski definition) is 1. The van der Waals surface area contributed by atoms with E-state index in [-0.39, 0.29) is 11.9 Å². The topological polar surface area (TPSA) is 55.6 Å². The second-order valence-corrected chi connectivity index (χ2v) is 4.94. The fourth-order valence-corrected chi connectivity index (χ4v) is 2.19. The number of ether oxygens (including phenoxy) is 1. The highest BCUT2D eigenvalue weighted by molar-refractivity contribution is 5.96. The molecule has 1 aromatic rings. The number of rotatable bonds is 8. The van der Waals surface area contributed by atoms with E-state index in [4.69, 9.17) is 10.5 Å². The number of hydrogen-bond acceptors (Lipinski definition) is 3. The lowest BCUT2D eigenvalue weighted by Crippen LogP contribution is -2.41. The molecule has 0 spiro atoms. The summed E-state index contributed by atoms with van der Waals surface area (Å²) >= 11 is 0. The summed E-state index contributed by atoms with van der Waals surface area (Å²) in [5, 5.41) is 0. The highest BCUT2D eigenvalue weighted by Crippen LogP contribution is 2.15. The number of carbonyl (C=O) groups excluding carboxylic acids is 1. The van der Waals surface area contributed by atoms with Crippen LogP contribution >= 0.6 is 0 Å². The van der Waals surface area contributed by atoms with Gasteiger partial charge in [0.1, 0.15) is 0 Å². The molecule has 0 aliphatic heterocycles. The smallest absolute Gasteiger partial charge is 0.254 e. The first kappa shape index (κ1) is 16.7. The highest BCUT2D eigenvalue weighted by Gasteiger charge is 2.21. The summed E-state index contributed by atoms with van der Waals surface area (Å²) in [7, 11) is 1.65. The van der Waals surface area contributed by atoms with E-state index in [0.29, 0.717) is 19.7 Å². The molecule has 2 N–H and O–H groups in total. The number of carbonyl (C=O) groups is 1. The molecule has 112 valence electrons. The molecule has 0 heterocycles. The Balaban J connectivity index is 2.98. The summed E-state index contributed by atoms with van der Waals surface area (Å²) in [5.41, 5.74) is 7.40. The molecule has 20 heavy (non-hydrogen) atoms. The monoisotopic (exact) mass is 278 g/mol. The second kappa shape index (κ2) is 8.72. The molecule has 1 rings (SSSR count). The Morgan fingerprint density at radius 2 is 2.10 bits per heavy atom. The summed E-state index contributed by atoms with van der Waals surface area (Å²) in [6.07, 6.45) is 1.65. The van der Waals surface area contributed by atoms with Gasteiger partial charge >= 0.3 is 0 Å². The minimum Gasteiger partial charge on any atom is -0.383 e. The van der Waals surface area contributed by atoms with Crippen molar-refractivity contribution in [1.82, 2.24) is 4.90 Å². The highest BCUT2D eigenvalue weighted by atomic mass is 16.5. The Bertz CT molecular complexity index is 421. The predicted octanol–water partition coefficient (Wildman–Crippen LogP) is 2.07. The van der Waals surface area contributed by atoms with Crippen molar-refractivity contribution in [3.8, 4) is 0 Å². The minimum atomic E-state index is 0.0699. The molecule has 0 aliphatic rings. The maximum Gasteiger partial charge on any atom is 0.254 e. The van der Waals surface area contributed by atoms with Gasteiger partial charge in [-0.15, -0.1) is 0 Å². The molecular formula is C16H26N2O2. The lowest BCUT2D eigenvalue weighted by Gasteiger charge is -2.29. The molecule has 0 bridgehead atoms. The maximum absolute atomic E-state index is 12.8. The van der Waals surface area contributed by atoms with Gasteiger partial charge in [-0.25, -0.2) is 0 Å². The van der Waals surface area contributed by atoms with Crippen LogP contribution in [0, 0.1) is 0 Å². The fourth-order valence-electron chi connectivity index (χ4n) is 2.19. The van der Waals surface area contributed by atoms with Crippen LogP contribution in [0.5, 0.6) is 0 Å². The van der Waals surface area contributed by atoms with E-state index in [1.807, 2.05) is 29.2 Å². The standard InChI is InChI=1S/C16H26N2O2/c1-4-13(2)18(11-12-20-3)16(19)15-8-6-5-7-14(15)9-10-17/h5-8,13H,4,9-12,17H2,1-3H3. The first-order valence-corrected chi connectivity index (χ1v) is 7.23. The van der Waals surface area contributed by atoms with Crippen LogP contribution in [-0.2, 0) is 11.2 Å². The van der Waals surface area contributed by atoms with Gasteiger partial charge in [0, 0.05) is 25.3 Å². The van der Waals surface area contributed by atoms with Crippen LogP contribution in [-0.4, -0.2) is 43.7 Å². The fraction of sp³-hybridized carbons (Fsp3) is 0.562. The van der Waals surface area contributed by atoms with Crippen LogP contribution in [0.15, 0.2) is 24.3 Å². The average Bonchev–Trinajstić information content (AvgIpc) is 2.48. The maximum atomic E-state index is 12.8. The summed E-state index contributed by atoms with van der Waals surface area (Å²) < 4.78 is 5.12. The Morgan fingerprint density at radius 3 is 2.70 bits per heavy atom. The molecule has 0 radical (unpaired) electrons. The number of nitrogens with zero attached hydrogens (tertiary/aromatic N) is 1. The molecule has 4 heteroatoms. The SMILES string of the molecule is CCC(C)N(CCOC)C(=O)c1ccccc1CCN. The number of nitrogens with two attached hydrogens (primary N) is 1. The van der Waals surface area contributed by atoms with E-state index in [1.54, 1.807) is 7.11 Å². The van der Waals surface area contributed by atoms with E-state index in [2.05, 4.69) is 13.8 Å². The molecule has 0 aliphatic carbocycles. The van der Waals surface area contributed by atoms with Gasteiger partial charge in [0.05, 0.1) is 6.61 Å². The van der Waals surface area contributed by atoms with Crippen molar-refractivity contribution < 1.29 is 9.53 Å². The molecular weight excluding hydrogens is 252 g/mol. The summed E-state index contributed by atoms with van der Waals surface area (Å²) in [6.45, 7) is 5.87. The van der Waals surface area contributed by atoms with Gasteiger partial charge in [0.2, 0.25) is 0 Å². The van der Waals surface area contributed by atoms with E-state index in [9.17, 15) is 4.79 Å². The van der Waals surface area contributed by atoms with Gasteiger partial charge in [-0.1, -0.05) is 25.1 Å². The predicted molar refractivity (Wildman–Crippen MR) is 81.9 cm³/mol. The van der Waals surface area contributed by atoms with Crippen molar-refractivity contribution in [2.45, 2.75) is 32.7 Å². The summed E-state index contributed by atoms with van der Waals surface area (Å²) in [5.74, 6) is 0.0699. The molecule has 1 unspecified atom stereocenters. The summed E-state index contributed by atoms with van der Waals surface area (Å²) in [6, 6.07) is 7.91. The van der Waals surface area contributed by atoms with Gasteiger partial charge in [-0.2, -0.15) is 0 Å². The molecule has 0 saturated heterocycles. The van der Waals surface area contributed by atoms with Crippen LogP contribution in [0.3, 0.4) is 0 Å². The number of benzene rings is 1. The van der Waals surface area contributed by atoms with Gasteiger partial charge in [0.15, 0.2) is 0 Å². The molecule has 0 saturated carbocycles. The Kier molecular flexibility index (Phi) is 7.26. The third kappa shape index (κ3) is 4.32. The average molecular weight is 278 g/mol. The third-order valence-corrected chi connectivity index (χ3v) is 3.58. The van der Waals surface area contributed by atoms with E-state index in [1.165, 1.54) is 0 Å². The normalized spacial score (nSPS) is 12.2. The molecule has 0 aromatic heterocycles. The van der Waals surface area contributed by atoms with E-state index in [0.717, 1.165) is 24.0 Å². The zero-order valence-corrected chi connectivity index (χ0v) is 12.8. The van der Waals surface area contributed by atoms with Crippen LogP contribution < -0.4 is 5.73 Å². The molecule has 0 fully saturated rings. The molecule has 1 atom stereocenters. The molecule has 1 amide bonds. The van der Waals surface area contributed by atoms with Crippen molar-refractivity contribution in [3.63, 3.8) is 0 Å². The van der Waals surface area contributed by atoms with Crippen LogP contribution in [0.1, 0.15) is 36.2 Å². The van der Waals surface area contributed by atoms with Crippen molar-refractivity contribution in [2.24, 2.45) is 5.73 Å². The lowest BCUT2D eigenvalue weighted by molar-refractivity contribution is 0.0613. The van der Waals surface area contributed by atoms with Crippen LogP contribution in [0.4, 0.5) is 0 Å². The number of methoxy groups -OCH3 is 1. The van der Waals surface area contributed by atoms with Gasteiger partial charge in [-0.05, 0) is 37.9 Å². The van der Waals surface area contributed by atoms with Crippen molar-refractivity contribution in [3.05, 3.63) is 35.4 Å². The minimum absolute atomic E-state index is 0.0699. The van der Waals surface area contributed by atoms with Gasteiger partial charge < -0.3 is 15.4 Å².